The Bertz CT molecular complexity index is 3000. The Morgan fingerprint density at radius 1 is 0.513 bits per heavy atom. The molecule has 0 radical (unpaired) electrons. The van der Waals surface area contributed by atoms with E-state index in [0.717, 1.165) is 27.4 Å². The summed E-state index contributed by atoms with van der Waals surface area (Å²) in [5, 5.41) is 30.9. The molecule has 0 saturated heterocycles. The van der Waals surface area contributed by atoms with Crippen LogP contribution >= 0.6 is 11.8 Å². The molecule has 6 rings (SSSR count). The number of rotatable bonds is 30. The van der Waals surface area contributed by atoms with Crippen molar-refractivity contribution in [2.24, 2.45) is 17.2 Å². The summed E-state index contributed by atoms with van der Waals surface area (Å²) in [6, 6.07) is 21.1. The molecule has 0 fully saturated rings. The molecule has 16 N–H and O–H groups in total. The molecule has 6 aromatic rings. The first kappa shape index (κ1) is 59.0. The second kappa shape index (κ2) is 29.3. The highest BCUT2D eigenvalue weighted by atomic mass is 32.2. The number of amides is 8. The predicted molar refractivity (Wildman–Crippen MR) is 299 cm³/mol. The van der Waals surface area contributed by atoms with Gasteiger partial charge >= 0.3 is 0 Å². The number of aromatic amines is 2. The number of hydrogen-bond acceptors (Lipinski definition) is 12. The second-order valence-electron chi connectivity index (χ2n) is 19.0. The molecule has 0 spiro atoms. The normalized spacial score (nSPS) is 13.9. The van der Waals surface area contributed by atoms with Crippen LogP contribution in [0.25, 0.3) is 21.8 Å². The van der Waals surface area contributed by atoms with Crippen LogP contribution < -0.4 is 54.4 Å². The monoisotopic (exact) mass is 1090 g/mol. The van der Waals surface area contributed by atoms with E-state index in [0.29, 0.717) is 35.3 Å². The number of unbranched alkanes of at least 4 members (excludes halogenated alkanes) is 1. The van der Waals surface area contributed by atoms with Crippen molar-refractivity contribution in [1.82, 2.24) is 47.2 Å². The van der Waals surface area contributed by atoms with E-state index in [4.69, 9.17) is 17.2 Å². The fourth-order valence-corrected chi connectivity index (χ4v) is 9.37. The van der Waals surface area contributed by atoms with Crippen molar-refractivity contribution < 1.29 is 43.5 Å². The van der Waals surface area contributed by atoms with Crippen molar-refractivity contribution >= 4 is 80.8 Å². The highest BCUT2D eigenvalue weighted by Crippen LogP contribution is 2.22. The van der Waals surface area contributed by atoms with Gasteiger partial charge in [0.05, 0.1) is 6.54 Å². The van der Waals surface area contributed by atoms with E-state index in [1.54, 1.807) is 48.8 Å². The zero-order valence-electron chi connectivity index (χ0n) is 43.6. The predicted octanol–water partition coefficient (Wildman–Crippen LogP) is 1.37. The Balaban J connectivity index is 1.30. The summed E-state index contributed by atoms with van der Waals surface area (Å²) in [5.41, 5.74) is 21.2. The summed E-state index contributed by atoms with van der Waals surface area (Å²) in [6.07, 6.45) is 6.28. The molecular weight excluding hydrogens is 1020 g/mol. The Morgan fingerprint density at radius 3 is 1.49 bits per heavy atom. The van der Waals surface area contributed by atoms with Crippen LogP contribution in [0.3, 0.4) is 0 Å². The highest BCUT2D eigenvalue weighted by molar-refractivity contribution is 7.98. The molecule has 0 aliphatic carbocycles. The van der Waals surface area contributed by atoms with Crippen molar-refractivity contribution in [3.63, 3.8) is 0 Å². The summed E-state index contributed by atoms with van der Waals surface area (Å²) >= 11 is 1.46. The maximum Gasteiger partial charge on any atom is 0.243 e. The fraction of sp³-hybridized carbons (Fsp3) is 0.357. The zero-order valence-corrected chi connectivity index (χ0v) is 44.5. The maximum atomic E-state index is 15.0. The van der Waals surface area contributed by atoms with Gasteiger partial charge in [0.15, 0.2) is 0 Å². The molecule has 78 heavy (non-hydrogen) atoms. The average Bonchev–Trinajstić information content (AvgIpc) is 4.06. The highest BCUT2D eigenvalue weighted by Gasteiger charge is 2.34. The van der Waals surface area contributed by atoms with E-state index in [-0.39, 0.29) is 57.4 Å². The molecule has 8 amide bonds. The number of phenolic OH excluding ortho intramolecular Hbond substituents is 1. The van der Waals surface area contributed by atoms with E-state index in [1.807, 2.05) is 60.9 Å². The van der Waals surface area contributed by atoms with E-state index in [9.17, 15) is 38.7 Å². The van der Waals surface area contributed by atoms with Crippen LogP contribution in [0, 0.1) is 0 Å². The molecule has 4 aromatic carbocycles. The SMILES string of the molecule is CSCC[C@H](NC(=O)CN)C(=O)N[C@@H](C)C(=O)N[C@H](CCCCN)C(=O)N[C@@H](Cc1ccc(O)cc1)C(=O)N[C@H](Cc1c[nH]c2ccccc12)C(=O)N[C@H](Cc1c[nH]c2ccccc12)C(=O)N[C@@H](Cc1ccccc1)C(N)=O. The minimum absolute atomic E-state index is 0.0469. The van der Waals surface area contributed by atoms with Crippen molar-refractivity contribution in [3.8, 4) is 5.75 Å². The third-order valence-electron chi connectivity index (χ3n) is 13.2. The van der Waals surface area contributed by atoms with Crippen LogP contribution in [-0.2, 0) is 64.0 Å². The minimum Gasteiger partial charge on any atom is -0.508 e. The topological polar surface area (TPSA) is 351 Å². The van der Waals surface area contributed by atoms with Gasteiger partial charge in [-0.05, 0) is 97.7 Å². The summed E-state index contributed by atoms with van der Waals surface area (Å²) < 4.78 is 0. The molecule has 2 heterocycles. The first-order valence-electron chi connectivity index (χ1n) is 25.8. The molecule has 0 saturated carbocycles. The number of nitrogens with two attached hydrogens (primary N) is 3. The number of hydrogen-bond donors (Lipinski definition) is 13. The van der Waals surface area contributed by atoms with Gasteiger partial charge in [0.1, 0.15) is 48.0 Å². The molecule has 0 unspecified atom stereocenters. The molecular formula is C56H70N12O9S. The number of carbonyl (C=O) groups excluding carboxylic acids is 8. The molecule has 414 valence electrons. The van der Waals surface area contributed by atoms with Gasteiger partial charge in [0.2, 0.25) is 47.3 Å². The number of para-hydroxylation sites is 2. The van der Waals surface area contributed by atoms with E-state index >= 15 is 4.79 Å². The fourth-order valence-electron chi connectivity index (χ4n) is 8.89. The Hall–Kier alpha value is -8.21. The van der Waals surface area contributed by atoms with Gasteiger partial charge in [-0.15, -0.1) is 0 Å². The summed E-state index contributed by atoms with van der Waals surface area (Å²) in [4.78, 5) is 118. The van der Waals surface area contributed by atoms with Crippen LogP contribution in [0.2, 0.25) is 0 Å². The van der Waals surface area contributed by atoms with Crippen molar-refractivity contribution in [2.75, 3.05) is 25.1 Å². The number of primary amides is 1. The number of carbonyl (C=O) groups is 8. The van der Waals surface area contributed by atoms with Crippen molar-refractivity contribution in [3.05, 3.63) is 138 Å². The minimum atomic E-state index is -1.41. The lowest BCUT2D eigenvalue weighted by Crippen LogP contribution is -2.60. The van der Waals surface area contributed by atoms with Crippen LogP contribution in [0.5, 0.6) is 5.75 Å². The summed E-state index contributed by atoms with van der Waals surface area (Å²) in [5.74, 6) is -5.29. The molecule has 2 aromatic heterocycles. The Morgan fingerprint density at radius 2 is 0.962 bits per heavy atom. The van der Waals surface area contributed by atoms with Crippen LogP contribution in [0.1, 0.15) is 54.9 Å². The Labute approximate surface area is 456 Å². The number of aromatic nitrogens is 2. The number of thioether (sulfide) groups is 1. The third kappa shape index (κ3) is 17.1. The standard InChI is InChI=1S/C56H70N12O9S/c1-33(62-52(73)44(23-25-78-2)63-49(70)30-58)51(72)64-43(18-10-11-24-57)53(74)66-46(27-35-19-21-38(69)22-20-35)54(75)67-48(29-37-32-61-42-17-9-7-15-40(37)42)56(77)68-47(28-36-31-60-41-16-8-6-14-39(36)41)55(76)65-45(50(59)71)26-34-12-4-3-5-13-34/h3-9,12-17,19-22,31-33,43-48,60-61,69H,10-11,18,23-30,57-58H2,1-2H3,(H2,59,71)(H,62,73)(H,63,70)(H,64,72)(H,65,76)(H,66,74)(H,67,75)(H,68,77)/t33-,43+,44-,45-,46-,47+,48+/m0/s1. The number of phenols is 1. The lowest BCUT2D eigenvalue weighted by atomic mass is 9.99. The first-order valence-corrected chi connectivity index (χ1v) is 27.2. The van der Waals surface area contributed by atoms with Gasteiger partial charge in [0, 0.05) is 59.9 Å². The maximum absolute atomic E-state index is 15.0. The summed E-state index contributed by atoms with van der Waals surface area (Å²) in [6.45, 7) is 1.37. The van der Waals surface area contributed by atoms with Crippen LogP contribution in [0.4, 0.5) is 0 Å². The molecule has 0 aliphatic heterocycles. The Kier molecular flexibility index (Phi) is 22.2. The quantitative estimate of drug-likeness (QED) is 0.0285. The number of fused-ring (bicyclic) bond motifs is 2. The van der Waals surface area contributed by atoms with Crippen LogP contribution in [-0.4, -0.2) is 130 Å². The number of benzene rings is 4. The molecule has 0 bridgehead atoms. The van der Waals surface area contributed by atoms with Crippen molar-refractivity contribution in [2.45, 2.75) is 101 Å². The van der Waals surface area contributed by atoms with Gasteiger partial charge < -0.3 is 69.5 Å². The largest absolute Gasteiger partial charge is 0.508 e. The van der Waals surface area contributed by atoms with Gasteiger partial charge in [-0.3, -0.25) is 38.4 Å². The lowest BCUT2D eigenvalue weighted by molar-refractivity contribution is -0.135. The first-order chi connectivity index (χ1) is 37.6. The number of nitrogens with one attached hydrogen (secondary N) is 9. The third-order valence-corrected chi connectivity index (χ3v) is 13.8. The van der Waals surface area contributed by atoms with Crippen LogP contribution in [0.15, 0.2) is 116 Å². The van der Waals surface area contributed by atoms with Crippen molar-refractivity contribution in [1.29, 1.82) is 0 Å². The number of H-pyrrole nitrogens is 2. The lowest BCUT2D eigenvalue weighted by Gasteiger charge is -2.28. The van der Waals surface area contributed by atoms with Gasteiger partial charge in [-0.25, -0.2) is 0 Å². The zero-order chi connectivity index (χ0) is 56.1. The van der Waals surface area contributed by atoms with E-state index in [1.165, 1.54) is 30.8 Å². The van der Waals surface area contributed by atoms with E-state index in [2.05, 4.69) is 47.2 Å². The average molecular weight is 1090 g/mol. The molecule has 7 atom stereocenters. The smallest absolute Gasteiger partial charge is 0.243 e. The van der Waals surface area contributed by atoms with E-state index < -0.39 is 89.6 Å². The summed E-state index contributed by atoms with van der Waals surface area (Å²) in [7, 11) is 0. The second-order valence-corrected chi connectivity index (χ2v) is 20.0. The molecule has 0 aliphatic rings. The van der Waals surface area contributed by atoms with Gasteiger partial charge in [-0.2, -0.15) is 11.8 Å². The molecule has 22 heteroatoms. The number of aromatic hydroxyl groups is 1. The molecule has 21 nitrogen and oxygen atoms in total. The van der Waals surface area contributed by atoms with Gasteiger partial charge in [-0.1, -0.05) is 78.9 Å². The van der Waals surface area contributed by atoms with Gasteiger partial charge in [0.25, 0.3) is 0 Å².